The van der Waals surface area contributed by atoms with Gasteiger partial charge in [-0.3, -0.25) is 14.5 Å². The molecule has 0 spiro atoms. The van der Waals surface area contributed by atoms with Crippen LogP contribution in [-0.4, -0.2) is 40.8 Å². The number of urea groups is 1. The number of carbonyl (C=O) groups is 3. The Hall–Kier alpha value is -3.22. The van der Waals surface area contributed by atoms with Gasteiger partial charge in [0.05, 0.1) is 12.6 Å². The average molecular weight is 356 g/mol. The van der Waals surface area contributed by atoms with Crippen LogP contribution in [-0.2, 0) is 9.59 Å². The van der Waals surface area contributed by atoms with Crippen LogP contribution >= 0.6 is 0 Å². The van der Waals surface area contributed by atoms with Crippen LogP contribution in [0.4, 0.5) is 9.18 Å². The maximum atomic E-state index is 13.5. The molecule has 1 aliphatic rings. The van der Waals surface area contributed by atoms with Crippen LogP contribution in [0.5, 0.6) is 5.75 Å². The van der Waals surface area contributed by atoms with E-state index in [0.29, 0.717) is 0 Å². The van der Waals surface area contributed by atoms with Crippen molar-refractivity contribution in [3.05, 3.63) is 66.0 Å². The van der Waals surface area contributed by atoms with Gasteiger partial charge < -0.3 is 4.74 Å². The minimum atomic E-state index is -0.907. The molecule has 134 valence electrons. The number of imide groups is 2. The first kappa shape index (κ1) is 17.6. The van der Waals surface area contributed by atoms with Crippen molar-refractivity contribution in [2.75, 3.05) is 13.2 Å². The minimum absolute atomic E-state index is 0.0208. The molecule has 0 aliphatic carbocycles. The number of ether oxygens (including phenoxy) is 1. The van der Waals surface area contributed by atoms with Crippen LogP contribution in [0.25, 0.3) is 0 Å². The van der Waals surface area contributed by atoms with Gasteiger partial charge in [0.1, 0.15) is 6.61 Å². The second-order valence-electron chi connectivity index (χ2n) is 5.78. The Balaban J connectivity index is 1.68. The molecule has 2 aromatic rings. The molecule has 3 rings (SSSR count). The summed E-state index contributed by atoms with van der Waals surface area (Å²) in [5.74, 6) is -2.30. The highest BCUT2D eigenvalue weighted by molar-refractivity contribution is 6.44. The summed E-state index contributed by atoms with van der Waals surface area (Å²) in [6.07, 6.45) is 0. The molecule has 1 fully saturated rings. The number of carbonyl (C=O) groups excluding carboxylic acids is 3. The summed E-state index contributed by atoms with van der Waals surface area (Å²) in [5, 5.41) is 0. The quantitative estimate of drug-likeness (QED) is 0.590. The van der Waals surface area contributed by atoms with E-state index < -0.39 is 29.7 Å². The summed E-state index contributed by atoms with van der Waals surface area (Å²) in [6.45, 7) is 1.42. The molecule has 2 aromatic carbocycles. The smallest absolute Gasteiger partial charge is 0.334 e. The lowest BCUT2D eigenvalue weighted by molar-refractivity contribution is -0.144. The fraction of sp³-hybridized carbons (Fsp3) is 0.211. The third kappa shape index (κ3) is 3.28. The first-order chi connectivity index (χ1) is 12.5. The van der Waals surface area contributed by atoms with E-state index >= 15 is 0 Å². The van der Waals surface area contributed by atoms with Gasteiger partial charge in [0, 0.05) is 0 Å². The van der Waals surface area contributed by atoms with Gasteiger partial charge in [0.2, 0.25) is 0 Å². The van der Waals surface area contributed by atoms with E-state index in [9.17, 15) is 18.8 Å². The molecule has 0 radical (unpaired) electrons. The Morgan fingerprint density at radius 1 is 0.962 bits per heavy atom. The van der Waals surface area contributed by atoms with Crippen molar-refractivity contribution in [1.82, 2.24) is 9.80 Å². The summed E-state index contributed by atoms with van der Waals surface area (Å²) in [7, 11) is 0. The minimum Gasteiger partial charge on any atom is -0.489 e. The second-order valence-corrected chi connectivity index (χ2v) is 5.78. The highest BCUT2D eigenvalue weighted by Crippen LogP contribution is 2.26. The first-order valence-corrected chi connectivity index (χ1v) is 8.12. The first-order valence-electron chi connectivity index (χ1n) is 8.12. The zero-order valence-corrected chi connectivity index (χ0v) is 14.1. The summed E-state index contributed by atoms with van der Waals surface area (Å²) < 4.78 is 18.8. The van der Waals surface area contributed by atoms with E-state index in [1.807, 2.05) is 6.07 Å². The van der Waals surface area contributed by atoms with Crippen LogP contribution in [0.1, 0.15) is 18.5 Å². The maximum absolute atomic E-state index is 13.5. The molecule has 1 aliphatic heterocycles. The Morgan fingerprint density at radius 3 is 2.31 bits per heavy atom. The van der Waals surface area contributed by atoms with Crippen molar-refractivity contribution in [3.8, 4) is 5.75 Å². The molecule has 26 heavy (non-hydrogen) atoms. The highest BCUT2D eigenvalue weighted by atomic mass is 19.1. The normalized spacial score (nSPS) is 15.5. The third-order valence-electron chi connectivity index (χ3n) is 4.16. The Kier molecular flexibility index (Phi) is 4.97. The van der Waals surface area contributed by atoms with Gasteiger partial charge in [0.25, 0.3) is 0 Å². The lowest BCUT2D eigenvalue weighted by Gasteiger charge is -2.22. The summed E-state index contributed by atoms with van der Waals surface area (Å²) in [6, 6.07) is 13.5. The predicted molar refractivity (Wildman–Crippen MR) is 90.7 cm³/mol. The topological polar surface area (TPSA) is 66.9 Å². The summed E-state index contributed by atoms with van der Waals surface area (Å²) >= 11 is 0. The molecule has 6 nitrogen and oxygen atoms in total. The maximum Gasteiger partial charge on any atom is 0.334 e. The molecule has 1 unspecified atom stereocenters. The van der Waals surface area contributed by atoms with Gasteiger partial charge in [-0.25, -0.2) is 14.1 Å². The molecule has 1 heterocycles. The number of para-hydroxylation sites is 1. The molecule has 1 atom stereocenters. The molecular weight excluding hydrogens is 339 g/mol. The van der Waals surface area contributed by atoms with E-state index in [4.69, 9.17) is 4.74 Å². The molecule has 4 amide bonds. The Morgan fingerprint density at radius 2 is 1.62 bits per heavy atom. The van der Waals surface area contributed by atoms with Gasteiger partial charge in [-0.2, -0.15) is 0 Å². The largest absolute Gasteiger partial charge is 0.489 e. The molecular formula is C19H17FN2O4. The van der Waals surface area contributed by atoms with Gasteiger partial charge in [-0.1, -0.05) is 42.5 Å². The second kappa shape index (κ2) is 7.35. The van der Waals surface area contributed by atoms with Gasteiger partial charge in [0.15, 0.2) is 11.6 Å². The van der Waals surface area contributed by atoms with Crippen LogP contribution in [0.3, 0.4) is 0 Å². The van der Waals surface area contributed by atoms with Crippen molar-refractivity contribution in [3.63, 3.8) is 0 Å². The number of rotatable bonds is 6. The lowest BCUT2D eigenvalue weighted by Crippen LogP contribution is -2.37. The number of amides is 4. The van der Waals surface area contributed by atoms with Crippen LogP contribution in [0.15, 0.2) is 54.6 Å². The zero-order valence-electron chi connectivity index (χ0n) is 14.1. The van der Waals surface area contributed by atoms with Crippen LogP contribution < -0.4 is 4.74 Å². The van der Waals surface area contributed by atoms with E-state index in [0.717, 1.165) is 15.4 Å². The van der Waals surface area contributed by atoms with Gasteiger partial charge >= 0.3 is 17.8 Å². The van der Waals surface area contributed by atoms with Gasteiger partial charge in [-0.05, 0) is 24.6 Å². The fourth-order valence-corrected chi connectivity index (χ4v) is 2.75. The molecule has 0 aromatic heterocycles. The molecule has 0 saturated carbocycles. The fourth-order valence-electron chi connectivity index (χ4n) is 2.75. The van der Waals surface area contributed by atoms with E-state index in [-0.39, 0.29) is 18.9 Å². The standard InChI is InChI=1S/C19H17FN2O4/c1-13(14-7-3-2-4-8-14)22-18(24)17(23)21(19(22)25)11-12-26-16-10-6-5-9-15(16)20/h2-10,13H,11-12H2,1H3. The summed E-state index contributed by atoms with van der Waals surface area (Å²) in [5.41, 5.74) is 0.742. The van der Waals surface area contributed by atoms with E-state index in [2.05, 4.69) is 0 Å². The van der Waals surface area contributed by atoms with Crippen LogP contribution in [0, 0.1) is 5.82 Å². The molecule has 0 N–H and O–H groups in total. The number of nitrogens with zero attached hydrogens (tertiary/aromatic N) is 2. The van der Waals surface area contributed by atoms with E-state index in [1.165, 1.54) is 18.2 Å². The van der Waals surface area contributed by atoms with Crippen molar-refractivity contribution in [2.24, 2.45) is 0 Å². The highest BCUT2D eigenvalue weighted by Gasteiger charge is 2.46. The average Bonchev–Trinajstić information content (AvgIpc) is 2.86. The summed E-state index contributed by atoms with van der Waals surface area (Å²) in [4.78, 5) is 38.7. The van der Waals surface area contributed by atoms with Crippen LogP contribution in [0.2, 0.25) is 0 Å². The van der Waals surface area contributed by atoms with Crippen molar-refractivity contribution in [2.45, 2.75) is 13.0 Å². The van der Waals surface area contributed by atoms with Crippen molar-refractivity contribution < 1.29 is 23.5 Å². The Bertz CT molecular complexity index is 840. The zero-order chi connectivity index (χ0) is 18.7. The predicted octanol–water partition coefficient (Wildman–Crippen LogP) is 2.76. The number of halogens is 1. The lowest BCUT2D eigenvalue weighted by atomic mass is 10.1. The van der Waals surface area contributed by atoms with Gasteiger partial charge in [-0.15, -0.1) is 0 Å². The number of benzene rings is 2. The Labute approximate surface area is 149 Å². The van der Waals surface area contributed by atoms with E-state index in [1.54, 1.807) is 37.3 Å². The molecule has 0 bridgehead atoms. The SMILES string of the molecule is CC(c1ccccc1)N1C(=O)C(=O)N(CCOc2ccccc2F)C1=O. The molecule has 7 heteroatoms. The molecule has 1 saturated heterocycles. The third-order valence-corrected chi connectivity index (χ3v) is 4.16. The van der Waals surface area contributed by atoms with Crippen molar-refractivity contribution in [1.29, 1.82) is 0 Å². The number of hydrogen-bond donors (Lipinski definition) is 0. The van der Waals surface area contributed by atoms with Crippen molar-refractivity contribution >= 4 is 17.8 Å². The number of hydrogen-bond acceptors (Lipinski definition) is 4. The monoisotopic (exact) mass is 356 g/mol.